The number of rotatable bonds is 8. The third-order valence-electron chi connectivity index (χ3n) is 4.49. The molecule has 0 spiro atoms. The van der Waals surface area contributed by atoms with Crippen molar-refractivity contribution in [2.75, 3.05) is 13.2 Å². The quantitative estimate of drug-likeness (QED) is 0.520. The van der Waals surface area contributed by atoms with Crippen molar-refractivity contribution < 1.29 is 14.7 Å². The number of nitrogens with two attached hydrogens (primary N) is 1. The van der Waals surface area contributed by atoms with Crippen molar-refractivity contribution in [3.8, 4) is 0 Å². The molecule has 5 N–H and O–H groups in total. The number of hydrogen-bond donors (Lipinski definition) is 4. The van der Waals surface area contributed by atoms with Gasteiger partial charge in [0.05, 0.1) is 5.54 Å². The van der Waals surface area contributed by atoms with E-state index in [9.17, 15) is 9.59 Å². The molecule has 1 aromatic carbocycles. The number of carbonyl (C=O) groups excluding carboxylic acids is 2. The summed E-state index contributed by atoms with van der Waals surface area (Å²) in [6, 6.07) is 8.89. The summed E-state index contributed by atoms with van der Waals surface area (Å²) in [6.45, 7) is 0.395. The van der Waals surface area contributed by atoms with E-state index in [-0.39, 0.29) is 18.4 Å². The molecule has 2 amide bonds. The molecule has 1 atom stereocenters. The Morgan fingerprint density at radius 3 is 2.50 bits per heavy atom. The fraction of sp³-hybridized carbons (Fsp3) is 0.556. The second kappa shape index (κ2) is 8.80. The predicted molar refractivity (Wildman–Crippen MR) is 92.2 cm³/mol. The van der Waals surface area contributed by atoms with E-state index >= 15 is 0 Å². The maximum absolute atomic E-state index is 12.5. The van der Waals surface area contributed by atoms with Gasteiger partial charge < -0.3 is 21.5 Å². The summed E-state index contributed by atoms with van der Waals surface area (Å²) in [5, 5.41) is 14.4. The maximum atomic E-state index is 12.5. The molecule has 0 heterocycles. The SMILES string of the molecule is NC1(C(=O)N[C@H](Cc2ccccc2)C(=O)NCCCO)CCCC1. The first kappa shape index (κ1) is 18.4. The molecule has 1 aromatic rings. The molecule has 1 fully saturated rings. The van der Waals surface area contributed by atoms with E-state index in [4.69, 9.17) is 10.8 Å². The Morgan fingerprint density at radius 2 is 1.88 bits per heavy atom. The molecule has 0 aliphatic heterocycles. The number of carbonyl (C=O) groups is 2. The Balaban J connectivity index is 2.03. The molecule has 0 saturated heterocycles. The van der Waals surface area contributed by atoms with Crippen LogP contribution in [0, 0.1) is 0 Å². The van der Waals surface area contributed by atoms with Crippen LogP contribution in [0.3, 0.4) is 0 Å². The molecule has 6 nitrogen and oxygen atoms in total. The zero-order chi connectivity index (χ0) is 17.4. The van der Waals surface area contributed by atoms with Crippen LogP contribution in [0.4, 0.5) is 0 Å². The molecule has 1 aliphatic carbocycles. The summed E-state index contributed by atoms with van der Waals surface area (Å²) < 4.78 is 0. The number of benzene rings is 1. The first-order valence-corrected chi connectivity index (χ1v) is 8.57. The van der Waals surface area contributed by atoms with E-state index in [1.54, 1.807) is 0 Å². The van der Waals surface area contributed by atoms with E-state index in [0.717, 1.165) is 18.4 Å². The van der Waals surface area contributed by atoms with Gasteiger partial charge in [-0.1, -0.05) is 43.2 Å². The van der Waals surface area contributed by atoms with Crippen LogP contribution >= 0.6 is 0 Å². The number of nitrogens with one attached hydrogen (secondary N) is 2. The van der Waals surface area contributed by atoms with Crippen molar-refractivity contribution in [2.24, 2.45) is 5.73 Å². The fourth-order valence-corrected chi connectivity index (χ4v) is 3.01. The third kappa shape index (κ3) is 5.04. The van der Waals surface area contributed by atoms with Crippen molar-refractivity contribution in [2.45, 2.75) is 50.1 Å². The van der Waals surface area contributed by atoms with Gasteiger partial charge in [-0.05, 0) is 24.8 Å². The Morgan fingerprint density at radius 1 is 1.21 bits per heavy atom. The van der Waals surface area contributed by atoms with Crippen LogP contribution in [0.1, 0.15) is 37.7 Å². The summed E-state index contributed by atoms with van der Waals surface area (Å²) >= 11 is 0. The number of hydrogen-bond acceptors (Lipinski definition) is 4. The first-order chi connectivity index (χ1) is 11.5. The largest absolute Gasteiger partial charge is 0.396 e. The van der Waals surface area contributed by atoms with E-state index in [1.807, 2.05) is 30.3 Å². The van der Waals surface area contributed by atoms with Crippen LogP contribution < -0.4 is 16.4 Å². The first-order valence-electron chi connectivity index (χ1n) is 8.57. The molecule has 6 heteroatoms. The maximum Gasteiger partial charge on any atom is 0.242 e. The highest BCUT2D eigenvalue weighted by atomic mass is 16.3. The van der Waals surface area contributed by atoms with Crippen LogP contribution in [0.25, 0.3) is 0 Å². The van der Waals surface area contributed by atoms with Crippen molar-refractivity contribution in [1.29, 1.82) is 0 Å². The molecule has 0 bridgehead atoms. The van der Waals surface area contributed by atoms with Gasteiger partial charge in [-0.15, -0.1) is 0 Å². The molecule has 24 heavy (non-hydrogen) atoms. The summed E-state index contributed by atoms with van der Waals surface area (Å²) in [5.41, 5.74) is 6.30. The van der Waals surface area contributed by atoms with Crippen molar-refractivity contribution in [1.82, 2.24) is 10.6 Å². The van der Waals surface area contributed by atoms with Gasteiger partial charge in [0.1, 0.15) is 6.04 Å². The van der Waals surface area contributed by atoms with E-state index < -0.39 is 11.6 Å². The number of aliphatic hydroxyl groups excluding tert-OH is 1. The summed E-state index contributed by atoms with van der Waals surface area (Å²) in [7, 11) is 0. The summed E-state index contributed by atoms with van der Waals surface area (Å²) in [5.74, 6) is -0.500. The third-order valence-corrected chi connectivity index (χ3v) is 4.49. The lowest BCUT2D eigenvalue weighted by Gasteiger charge is -2.26. The number of aliphatic hydroxyl groups is 1. The second-order valence-electron chi connectivity index (χ2n) is 6.45. The van der Waals surface area contributed by atoms with Gasteiger partial charge in [-0.25, -0.2) is 0 Å². The summed E-state index contributed by atoms with van der Waals surface area (Å²) in [4.78, 5) is 25.0. The van der Waals surface area contributed by atoms with Gasteiger partial charge in [0.2, 0.25) is 11.8 Å². The lowest BCUT2D eigenvalue weighted by molar-refractivity contribution is -0.131. The Kier molecular flexibility index (Phi) is 6.75. The summed E-state index contributed by atoms with van der Waals surface area (Å²) in [6.07, 6.45) is 4.09. The van der Waals surface area contributed by atoms with E-state index in [2.05, 4.69) is 10.6 Å². The van der Waals surface area contributed by atoms with Gasteiger partial charge in [-0.3, -0.25) is 9.59 Å². The van der Waals surface area contributed by atoms with Gasteiger partial charge in [0.15, 0.2) is 0 Å². The second-order valence-corrected chi connectivity index (χ2v) is 6.45. The van der Waals surface area contributed by atoms with Gasteiger partial charge in [0.25, 0.3) is 0 Å². The van der Waals surface area contributed by atoms with Gasteiger partial charge >= 0.3 is 0 Å². The molecule has 132 valence electrons. The zero-order valence-corrected chi connectivity index (χ0v) is 14.0. The van der Waals surface area contributed by atoms with Crippen LogP contribution in [-0.2, 0) is 16.0 Å². The standard InChI is InChI=1S/C18H27N3O3/c19-18(9-4-5-10-18)17(24)21-15(16(23)20-11-6-12-22)13-14-7-2-1-3-8-14/h1-3,7-8,15,22H,4-6,9-13,19H2,(H,20,23)(H,21,24)/t15-/m1/s1. The van der Waals surface area contributed by atoms with Crippen molar-refractivity contribution >= 4 is 11.8 Å². The van der Waals surface area contributed by atoms with E-state index in [0.29, 0.717) is 32.2 Å². The highest BCUT2D eigenvalue weighted by Crippen LogP contribution is 2.27. The normalized spacial score (nSPS) is 17.2. The Labute approximate surface area is 142 Å². The molecule has 2 rings (SSSR count). The van der Waals surface area contributed by atoms with Crippen molar-refractivity contribution in [3.05, 3.63) is 35.9 Å². The molecular weight excluding hydrogens is 306 g/mol. The highest BCUT2D eigenvalue weighted by molar-refractivity contribution is 5.92. The molecule has 0 radical (unpaired) electrons. The topological polar surface area (TPSA) is 104 Å². The van der Waals surface area contributed by atoms with Gasteiger partial charge in [-0.2, -0.15) is 0 Å². The van der Waals surface area contributed by atoms with Gasteiger partial charge in [0, 0.05) is 19.6 Å². The van der Waals surface area contributed by atoms with Crippen LogP contribution in [0.15, 0.2) is 30.3 Å². The van der Waals surface area contributed by atoms with Crippen LogP contribution in [-0.4, -0.2) is 41.7 Å². The molecule has 0 unspecified atom stereocenters. The van der Waals surface area contributed by atoms with Crippen LogP contribution in [0.5, 0.6) is 0 Å². The fourth-order valence-electron chi connectivity index (χ4n) is 3.01. The highest BCUT2D eigenvalue weighted by Gasteiger charge is 2.38. The molecule has 0 aromatic heterocycles. The number of amides is 2. The minimum Gasteiger partial charge on any atom is -0.396 e. The lowest BCUT2D eigenvalue weighted by atomic mass is 9.96. The zero-order valence-electron chi connectivity index (χ0n) is 14.0. The molecular formula is C18H27N3O3. The average molecular weight is 333 g/mol. The smallest absolute Gasteiger partial charge is 0.242 e. The minimum atomic E-state index is -0.861. The predicted octanol–water partition coefficient (Wildman–Crippen LogP) is 0.484. The molecule has 1 aliphatic rings. The Hall–Kier alpha value is -1.92. The lowest BCUT2D eigenvalue weighted by Crippen LogP contribution is -2.58. The van der Waals surface area contributed by atoms with Crippen LogP contribution in [0.2, 0.25) is 0 Å². The minimum absolute atomic E-state index is 0.0158. The van der Waals surface area contributed by atoms with E-state index in [1.165, 1.54) is 0 Å². The monoisotopic (exact) mass is 333 g/mol. The van der Waals surface area contributed by atoms with Crippen molar-refractivity contribution in [3.63, 3.8) is 0 Å². The Bertz CT molecular complexity index is 542. The average Bonchev–Trinajstić information content (AvgIpc) is 3.03. The molecule has 1 saturated carbocycles.